The number of hydrogen-bond donors (Lipinski definition) is 3. The van der Waals surface area contributed by atoms with Gasteiger partial charge in [-0.2, -0.15) is 0 Å². The van der Waals surface area contributed by atoms with Crippen molar-refractivity contribution in [3.05, 3.63) is 165 Å². The predicted octanol–water partition coefficient (Wildman–Crippen LogP) is 8.98. The summed E-state index contributed by atoms with van der Waals surface area (Å²) in [6, 6.07) is 39.8. The fourth-order valence-corrected chi connectivity index (χ4v) is 5.99. The molecule has 0 heterocycles. The Hall–Kier alpha value is -4.63. The van der Waals surface area contributed by atoms with Crippen molar-refractivity contribution < 1.29 is 14.4 Å². The molecule has 5 aromatic rings. The van der Waals surface area contributed by atoms with Crippen molar-refractivity contribution in [1.29, 1.82) is 0 Å². The number of halogens is 2. The zero-order valence-electron chi connectivity index (χ0n) is 23.7. The summed E-state index contributed by atoms with van der Waals surface area (Å²) in [6.45, 7) is 0. The van der Waals surface area contributed by atoms with E-state index in [1.807, 2.05) is 66.7 Å². The minimum absolute atomic E-state index is 0.0185. The molecule has 5 aromatic carbocycles. The molecule has 3 amide bonds. The van der Waals surface area contributed by atoms with Crippen molar-refractivity contribution in [1.82, 2.24) is 5.32 Å². The number of amides is 3. The van der Waals surface area contributed by atoms with Gasteiger partial charge in [0.15, 0.2) is 0 Å². The molecular formula is C36H27BrClN3O3S. The first-order chi connectivity index (χ1) is 21.9. The second-order valence-corrected chi connectivity index (χ2v) is 12.2. The highest BCUT2D eigenvalue weighted by atomic mass is 79.9. The maximum atomic E-state index is 13.6. The number of carbonyl (C=O) groups excluding carboxylic acids is 3. The van der Waals surface area contributed by atoms with E-state index in [0.717, 1.165) is 14.9 Å². The average Bonchev–Trinajstić information content (AvgIpc) is 3.06. The number of hydrogen-bond acceptors (Lipinski definition) is 4. The number of nitrogens with one attached hydrogen (secondary N) is 3. The average molecular weight is 697 g/mol. The Kier molecular flexibility index (Phi) is 10.9. The Morgan fingerprint density at radius 2 is 1.40 bits per heavy atom. The SMILES string of the molecule is O=C(Nc1cccc(SC(C(=O)Nc2ccccc2Br)c2ccccc2)c1)/C(=C\c1ccccc1Cl)NC(=O)c1ccccc1. The highest BCUT2D eigenvalue weighted by molar-refractivity contribution is 9.10. The molecule has 45 heavy (non-hydrogen) atoms. The molecule has 0 aliphatic carbocycles. The van der Waals surface area contributed by atoms with Crippen molar-refractivity contribution >= 4 is 74.5 Å². The fraction of sp³-hybridized carbons (Fsp3) is 0.0278. The Morgan fingerprint density at radius 3 is 2.13 bits per heavy atom. The van der Waals surface area contributed by atoms with Crippen LogP contribution < -0.4 is 16.0 Å². The summed E-state index contributed by atoms with van der Waals surface area (Å²) in [5, 5.41) is 8.48. The van der Waals surface area contributed by atoms with Crippen LogP contribution in [0.2, 0.25) is 5.02 Å². The van der Waals surface area contributed by atoms with Crippen molar-refractivity contribution in [3.8, 4) is 0 Å². The van der Waals surface area contributed by atoms with E-state index in [9.17, 15) is 14.4 Å². The molecule has 3 N–H and O–H groups in total. The van der Waals surface area contributed by atoms with Crippen LogP contribution in [0.5, 0.6) is 0 Å². The van der Waals surface area contributed by atoms with E-state index >= 15 is 0 Å². The smallest absolute Gasteiger partial charge is 0.272 e. The van der Waals surface area contributed by atoms with Gasteiger partial charge in [0.2, 0.25) is 5.91 Å². The van der Waals surface area contributed by atoms with Crippen molar-refractivity contribution in [3.63, 3.8) is 0 Å². The van der Waals surface area contributed by atoms with Crippen molar-refractivity contribution in [2.75, 3.05) is 10.6 Å². The summed E-state index contributed by atoms with van der Waals surface area (Å²) in [7, 11) is 0. The highest BCUT2D eigenvalue weighted by Crippen LogP contribution is 2.38. The topological polar surface area (TPSA) is 87.3 Å². The van der Waals surface area contributed by atoms with Crippen LogP contribution in [0.4, 0.5) is 11.4 Å². The molecule has 0 spiro atoms. The third-order valence-corrected chi connectivity index (χ3v) is 8.84. The van der Waals surface area contributed by atoms with Gasteiger partial charge in [0, 0.05) is 25.6 Å². The molecule has 1 atom stereocenters. The summed E-state index contributed by atoms with van der Waals surface area (Å²) in [5.74, 6) is -1.16. The van der Waals surface area contributed by atoms with Crippen LogP contribution in [0, 0.1) is 0 Å². The van der Waals surface area contributed by atoms with E-state index < -0.39 is 17.1 Å². The van der Waals surface area contributed by atoms with Crippen LogP contribution in [-0.2, 0) is 9.59 Å². The predicted molar refractivity (Wildman–Crippen MR) is 186 cm³/mol. The second kappa shape index (κ2) is 15.4. The van der Waals surface area contributed by atoms with Gasteiger partial charge in [-0.05, 0) is 81.7 Å². The second-order valence-electron chi connectivity index (χ2n) is 9.76. The molecule has 0 saturated heterocycles. The monoisotopic (exact) mass is 695 g/mol. The maximum Gasteiger partial charge on any atom is 0.272 e. The van der Waals surface area contributed by atoms with Gasteiger partial charge in [-0.15, -0.1) is 11.8 Å². The Bertz CT molecular complexity index is 1850. The Balaban J connectivity index is 1.38. The quantitative estimate of drug-likeness (QED) is 0.101. The van der Waals surface area contributed by atoms with Crippen LogP contribution >= 0.6 is 39.3 Å². The van der Waals surface area contributed by atoms with Gasteiger partial charge in [0.05, 0.1) is 5.69 Å². The number of thioether (sulfide) groups is 1. The van der Waals surface area contributed by atoms with Crippen molar-refractivity contribution in [2.24, 2.45) is 0 Å². The van der Waals surface area contributed by atoms with Gasteiger partial charge in [-0.3, -0.25) is 14.4 Å². The fourth-order valence-electron chi connectivity index (χ4n) is 4.33. The first-order valence-electron chi connectivity index (χ1n) is 13.9. The molecule has 9 heteroatoms. The molecule has 0 aliphatic rings. The first-order valence-corrected chi connectivity index (χ1v) is 15.9. The molecule has 5 rings (SSSR count). The van der Waals surface area contributed by atoms with Gasteiger partial charge in [0.1, 0.15) is 10.9 Å². The highest BCUT2D eigenvalue weighted by Gasteiger charge is 2.23. The van der Waals surface area contributed by atoms with E-state index in [4.69, 9.17) is 11.6 Å². The van der Waals surface area contributed by atoms with E-state index in [1.54, 1.807) is 66.7 Å². The van der Waals surface area contributed by atoms with Crippen LogP contribution in [0.1, 0.15) is 26.7 Å². The third kappa shape index (κ3) is 8.73. The number of benzene rings is 5. The van der Waals surface area contributed by atoms with E-state index in [-0.39, 0.29) is 11.6 Å². The standard InChI is InChI=1S/C36H27BrClN3O3S/c37-29-19-8-10-21-31(29)40-36(44)33(24-12-3-1-4-13-24)45-28-18-11-17-27(23-28)39-35(43)32(22-26-16-7-9-20-30(26)38)41-34(42)25-14-5-2-6-15-25/h1-23,33H,(H,39,43)(H,40,44)(H,41,42)/b32-22+. The molecular weight excluding hydrogens is 670 g/mol. The first kappa shape index (κ1) is 31.8. The molecule has 0 saturated carbocycles. The summed E-state index contributed by atoms with van der Waals surface area (Å²) in [6.07, 6.45) is 1.54. The Labute approximate surface area is 279 Å². The van der Waals surface area contributed by atoms with Gasteiger partial charge in [0.25, 0.3) is 11.8 Å². The summed E-state index contributed by atoms with van der Waals surface area (Å²) in [5.41, 5.74) is 2.98. The van der Waals surface area contributed by atoms with Crippen LogP contribution in [0.15, 0.2) is 149 Å². The largest absolute Gasteiger partial charge is 0.324 e. The van der Waals surface area contributed by atoms with Gasteiger partial charge in [-0.25, -0.2) is 0 Å². The lowest BCUT2D eigenvalue weighted by atomic mass is 10.1. The summed E-state index contributed by atoms with van der Waals surface area (Å²) < 4.78 is 0.778. The van der Waals surface area contributed by atoms with Crippen LogP contribution in [-0.4, -0.2) is 17.7 Å². The van der Waals surface area contributed by atoms with Gasteiger partial charge in [-0.1, -0.05) is 96.5 Å². The van der Waals surface area contributed by atoms with Crippen molar-refractivity contribution in [2.45, 2.75) is 10.1 Å². The summed E-state index contributed by atoms with van der Waals surface area (Å²) in [4.78, 5) is 40.9. The zero-order chi connectivity index (χ0) is 31.6. The summed E-state index contributed by atoms with van der Waals surface area (Å²) >= 11 is 11.2. The molecule has 0 aromatic heterocycles. The molecule has 1 unspecified atom stereocenters. The minimum Gasteiger partial charge on any atom is -0.324 e. The lowest BCUT2D eigenvalue weighted by molar-refractivity contribution is -0.116. The van der Waals surface area contributed by atoms with Gasteiger partial charge < -0.3 is 16.0 Å². The lowest BCUT2D eigenvalue weighted by Gasteiger charge is -2.18. The third-order valence-electron chi connectivity index (χ3n) is 6.55. The van der Waals surface area contributed by atoms with E-state index in [0.29, 0.717) is 27.5 Å². The molecule has 0 radical (unpaired) electrons. The normalized spacial score (nSPS) is 11.7. The maximum absolute atomic E-state index is 13.6. The van der Waals surface area contributed by atoms with Gasteiger partial charge >= 0.3 is 0 Å². The van der Waals surface area contributed by atoms with E-state index in [2.05, 4.69) is 31.9 Å². The zero-order valence-corrected chi connectivity index (χ0v) is 26.9. The van der Waals surface area contributed by atoms with Crippen LogP contribution in [0.3, 0.4) is 0 Å². The lowest BCUT2D eigenvalue weighted by Crippen LogP contribution is -2.30. The number of anilines is 2. The van der Waals surface area contributed by atoms with Crippen LogP contribution in [0.25, 0.3) is 6.08 Å². The Morgan fingerprint density at radius 1 is 0.733 bits per heavy atom. The molecule has 6 nitrogen and oxygen atoms in total. The molecule has 0 bridgehead atoms. The minimum atomic E-state index is -0.579. The molecule has 0 aliphatic heterocycles. The molecule has 0 fully saturated rings. The number of carbonyl (C=O) groups is 3. The number of para-hydroxylation sites is 1. The molecule has 224 valence electrons. The number of rotatable bonds is 10. The van der Waals surface area contributed by atoms with E-state index in [1.165, 1.54) is 17.8 Å².